The first kappa shape index (κ1) is 60.6. The molecule has 0 aromatic rings. The number of esters is 2. The van der Waals surface area contributed by atoms with Crippen molar-refractivity contribution >= 4 is 19.8 Å². The van der Waals surface area contributed by atoms with Crippen LogP contribution in [0.5, 0.6) is 0 Å². The average Bonchev–Trinajstić information content (AvgIpc) is 3.29. The van der Waals surface area contributed by atoms with Gasteiger partial charge in [-0.15, -0.1) is 0 Å². The Morgan fingerprint density at radius 3 is 1.45 bits per heavy atom. The van der Waals surface area contributed by atoms with Gasteiger partial charge in [0.15, 0.2) is 6.10 Å². The largest absolute Gasteiger partial charge is 0.472 e. The smallest absolute Gasteiger partial charge is 0.462 e. The lowest BCUT2D eigenvalue weighted by Crippen LogP contribution is -2.64. The lowest BCUT2D eigenvalue weighted by Gasteiger charge is -2.41. The van der Waals surface area contributed by atoms with Crippen molar-refractivity contribution in [3.8, 4) is 0 Å². The molecule has 6 N–H and O–H groups in total. The number of phosphoric ester groups is 1. The Labute approximate surface area is 392 Å². The Morgan fingerprint density at radius 2 is 0.938 bits per heavy atom. The van der Waals surface area contributed by atoms with Gasteiger partial charge >= 0.3 is 19.8 Å². The number of aliphatic hydroxyl groups excluding tert-OH is 5. The third kappa shape index (κ3) is 32.8. The Bertz CT molecular complexity index is 1370. The zero-order chi connectivity index (χ0) is 47.8. The van der Waals surface area contributed by atoms with Crippen LogP contribution in [0.2, 0.25) is 0 Å². The summed E-state index contributed by atoms with van der Waals surface area (Å²) in [6.45, 7) is 3.15. The van der Waals surface area contributed by atoms with Gasteiger partial charge in [-0.3, -0.25) is 18.6 Å². The van der Waals surface area contributed by atoms with Crippen LogP contribution in [-0.4, -0.2) is 98.3 Å². The molecular weight excluding hydrogens is 852 g/mol. The minimum absolute atomic E-state index is 0.0695. The first-order valence-electron chi connectivity index (χ1n) is 25.1. The Morgan fingerprint density at radius 1 is 0.508 bits per heavy atom. The van der Waals surface area contributed by atoms with E-state index >= 15 is 0 Å². The molecule has 0 heterocycles. The van der Waals surface area contributed by atoms with Crippen molar-refractivity contribution in [1.82, 2.24) is 0 Å². The highest BCUT2D eigenvalue weighted by Gasteiger charge is 2.51. The lowest BCUT2D eigenvalue weighted by atomic mass is 9.85. The second-order valence-electron chi connectivity index (χ2n) is 17.3. The number of hydrogen-bond acceptors (Lipinski definition) is 12. The van der Waals surface area contributed by atoms with Gasteiger partial charge in [-0.25, -0.2) is 4.57 Å². The molecule has 0 amide bonds. The van der Waals surface area contributed by atoms with E-state index in [2.05, 4.69) is 50.3 Å². The normalized spacial score (nSPS) is 21.9. The molecule has 1 aliphatic rings. The minimum Gasteiger partial charge on any atom is -0.462 e. The van der Waals surface area contributed by atoms with Crippen molar-refractivity contribution in [2.24, 2.45) is 0 Å². The van der Waals surface area contributed by atoms with E-state index in [9.17, 15) is 44.6 Å². The van der Waals surface area contributed by atoms with Crippen LogP contribution in [0.3, 0.4) is 0 Å². The summed E-state index contributed by atoms with van der Waals surface area (Å²) in [6.07, 6.45) is 37.1. The van der Waals surface area contributed by atoms with E-state index in [4.69, 9.17) is 18.5 Å². The highest BCUT2D eigenvalue weighted by Crippen LogP contribution is 2.47. The van der Waals surface area contributed by atoms with Crippen molar-refractivity contribution < 1.29 is 63.1 Å². The van der Waals surface area contributed by atoms with Gasteiger partial charge in [-0.2, -0.15) is 0 Å². The topological polar surface area (TPSA) is 210 Å². The van der Waals surface area contributed by atoms with E-state index < -0.39 is 75.7 Å². The van der Waals surface area contributed by atoms with Crippen molar-refractivity contribution in [2.45, 2.75) is 236 Å². The summed E-state index contributed by atoms with van der Waals surface area (Å²) in [4.78, 5) is 35.7. The summed E-state index contributed by atoms with van der Waals surface area (Å²) >= 11 is 0. The van der Waals surface area contributed by atoms with E-state index in [1.165, 1.54) is 64.2 Å². The van der Waals surface area contributed by atoms with Gasteiger partial charge in [0.25, 0.3) is 0 Å². The van der Waals surface area contributed by atoms with Crippen LogP contribution >= 0.6 is 7.82 Å². The van der Waals surface area contributed by atoms with Crippen molar-refractivity contribution in [1.29, 1.82) is 0 Å². The molecule has 0 aliphatic heterocycles. The molecule has 7 unspecified atom stereocenters. The highest BCUT2D eigenvalue weighted by atomic mass is 31.2. The average molecular weight is 941 g/mol. The number of rotatable bonds is 41. The standard InChI is InChI=1S/C51H89O13P/c1-3-5-7-9-11-13-15-17-18-19-20-21-22-23-24-25-26-28-29-31-33-35-37-39-44(52)61-41-43(42-62-65(59,60)64-51-49(57)47(55)46(54)48(56)50(51)58)63-45(53)40-38-36-34-32-30-27-16-14-12-10-8-6-4-2/h6,8,10,12,14,16,20-21,23-24,43,46-51,54-58H,3-5,7,9,11,13,15,17-19,22,25-42H2,1-2H3,(H,59,60)/b8-6+,12-10+,16-14+,21-20+,24-23+/t43?,46?,47-,48?,49?,50?,51?/m0/s1. The van der Waals surface area contributed by atoms with Gasteiger partial charge in [0, 0.05) is 12.8 Å². The number of carbonyl (C=O) groups excluding carboxylic acids is 2. The summed E-state index contributed by atoms with van der Waals surface area (Å²) in [7, 11) is -5.13. The van der Waals surface area contributed by atoms with Crippen LogP contribution in [0.15, 0.2) is 60.8 Å². The van der Waals surface area contributed by atoms with Gasteiger partial charge in [-0.1, -0.05) is 177 Å². The summed E-state index contributed by atoms with van der Waals surface area (Å²) in [6, 6.07) is 0. The Hall–Kier alpha value is -2.45. The predicted molar refractivity (Wildman–Crippen MR) is 258 cm³/mol. The molecule has 376 valence electrons. The van der Waals surface area contributed by atoms with Crippen molar-refractivity contribution in [2.75, 3.05) is 13.2 Å². The van der Waals surface area contributed by atoms with Crippen LogP contribution in [0.1, 0.15) is 194 Å². The van der Waals surface area contributed by atoms with E-state index in [0.29, 0.717) is 12.8 Å². The molecule has 0 saturated heterocycles. The molecule has 1 aliphatic carbocycles. The maximum atomic E-state index is 12.8. The molecule has 65 heavy (non-hydrogen) atoms. The summed E-state index contributed by atoms with van der Waals surface area (Å²) in [5, 5.41) is 50.2. The summed E-state index contributed by atoms with van der Waals surface area (Å²) in [5.74, 6) is -1.13. The fourth-order valence-corrected chi connectivity index (χ4v) is 8.35. The maximum Gasteiger partial charge on any atom is 0.472 e. The number of aliphatic hydroxyl groups is 5. The molecule has 1 saturated carbocycles. The molecule has 0 aromatic carbocycles. The van der Waals surface area contributed by atoms with Crippen molar-refractivity contribution in [3.63, 3.8) is 0 Å². The summed E-state index contributed by atoms with van der Waals surface area (Å²) in [5.41, 5.74) is 0. The van der Waals surface area contributed by atoms with E-state index in [1.54, 1.807) is 0 Å². The fraction of sp³-hybridized carbons (Fsp3) is 0.765. The predicted octanol–water partition coefficient (Wildman–Crippen LogP) is 10.5. The fourth-order valence-electron chi connectivity index (χ4n) is 7.38. The lowest BCUT2D eigenvalue weighted by molar-refractivity contribution is -0.220. The molecule has 13 nitrogen and oxygen atoms in total. The third-order valence-electron chi connectivity index (χ3n) is 11.4. The van der Waals surface area contributed by atoms with Gasteiger partial charge < -0.3 is 39.9 Å². The number of phosphoric acid groups is 1. The van der Waals surface area contributed by atoms with E-state index in [-0.39, 0.29) is 12.8 Å². The number of ether oxygens (including phenoxy) is 2. The van der Waals surface area contributed by atoms with Crippen molar-refractivity contribution in [3.05, 3.63) is 60.8 Å². The molecule has 14 heteroatoms. The molecule has 0 radical (unpaired) electrons. The SMILES string of the molecule is CC/C=C/C=C/C=C/CCCCCCCC(=O)OC(COC(=O)CCCCCCCCC/C=C/C/C=C/CCCCCCCCCCC)COP(=O)(O)OC1C(O)C(O)C(O)[C@H](O)C1O. The molecule has 8 atom stereocenters. The van der Waals surface area contributed by atoms with Gasteiger partial charge in [-0.05, 0) is 64.2 Å². The van der Waals surface area contributed by atoms with E-state index in [1.807, 2.05) is 24.3 Å². The van der Waals surface area contributed by atoms with E-state index in [0.717, 1.165) is 89.9 Å². The molecule has 0 aromatic heterocycles. The second kappa shape index (κ2) is 40.6. The number of allylic oxidation sites excluding steroid dienone is 10. The molecule has 0 bridgehead atoms. The van der Waals surface area contributed by atoms with Crippen LogP contribution in [-0.2, 0) is 32.7 Å². The zero-order valence-electron chi connectivity index (χ0n) is 40.0. The first-order valence-corrected chi connectivity index (χ1v) is 26.6. The monoisotopic (exact) mass is 941 g/mol. The molecule has 1 fully saturated rings. The van der Waals surface area contributed by atoms with Crippen LogP contribution in [0, 0.1) is 0 Å². The van der Waals surface area contributed by atoms with Crippen LogP contribution in [0.25, 0.3) is 0 Å². The third-order valence-corrected chi connectivity index (χ3v) is 12.4. The number of unbranched alkanes of at least 4 members (excludes halogenated alkanes) is 21. The Balaban J connectivity index is 2.38. The number of hydrogen-bond donors (Lipinski definition) is 6. The summed E-state index contributed by atoms with van der Waals surface area (Å²) < 4.78 is 33.5. The van der Waals surface area contributed by atoms with Crippen LogP contribution < -0.4 is 0 Å². The molecule has 1 rings (SSSR count). The quantitative estimate of drug-likeness (QED) is 0.0111. The zero-order valence-corrected chi connectivity index (χ0v) is 40.9. The first-order chi connectivity index (χ1) is 31.4. The molecular formula is C51H89O13P. The minimum atomic E-state index is -5.13. The molecule has 0 spiro atoms. The highest BCUT2D eigenvalue weighted by molar-refractivity contribution is 7.47. The van der Waals surface area contributed by atoms with Gasteiger partial charge in [0.2, 0.25) is 0 Å². The van der Waals surface area contributed by atoms with Gasteiger partial charge in [0.1, 0.15) is 43.2 Å². The number of carbonyl (C=O) groups is 2. The second-order valence-corrected chi connectivity index (χ2v) is 18.8. The Kier molecular flexibility index (Phi) is 37.8. The van der Waals surface area contributed by atoms with Gasteiger partial charge in [0.05, 0.1) is 6.61 Å². The maximum absolute atomic E-state index is 12.8. The van der Waals surface area contributed by atoms with Crippen LogP contribution in [0.4, 0.5) is 0 Å².